The van der Waals surface area contributed by atoms with E-state index in [-0.39, 0.29) is 29.1 Å². The number of benzene rings is 1. The number of hydrogen-bond donors (Lipinski definition) is 4. The number of alkyl halides is 3. The molecule has 1 aliphatic carbocycles. The van der Waals surface area contributed by atoms with Crippen molar-refractivity contribution in [1.82, 2.24) is 9.88 Å². The fraction of sp³-hybridized carbons (Fsp3) is 0.346. The molecule has 1 aromatic carbocycles. The third-order valence-electron chi connectivity index (χ3n) is 5.32. The van der Waals surface area contributed by atoms with Crippen molar-refractivity contribution in [3.8, 4) is 11.6 Å². The van der Waals surface area contributed by atoms with Crippen LogP contribution in [0.25, 0.3) is 10.9 Å². The van der Waals surface area contributed by atoms with Gasteiger partial charge in [-0.2, -0.15) is 18.1 Å². The topological polar surface area (TPSA) is 130 Å². The zero-order valence-corrected chi connectivity index (χ0v) is 25.6. The normalized spacial score (nSPS) is 16.3. The molecule has 1 aromatic heterocycles. The molecule has 0 bridgehead atoms. The van der Waals surface area contributed by atoms with Crippen molar-refractivity contribution < 1.29 is 42.7 Å². The van der Waals surface area contributed by atoms with Crippen LogP contribution >= 0.6 is 12.2 Å². The fourth-order valence-corrected chi connectivity index (χ4v) is 3.91. The predicted octanol–water partition coefficient (Wildman–Crippen LogP) is 5.86. The number of rotatable bonds is 9. The van der Waals surface area contributed by atoms with Crippen molar-refractivity contribution in [1.29, 1.82) is 0 Å². The number of hydrogen-bond acceptors (Lipinski definition) is 8. The van der Waals surface area contributed by atoms with Crippen LogP contribution in [0.1, 0.15) is 33.7 Å². The van der Waals surface area contributed by atoms with Gasteiger partial charge >= 0.3 is 6.36 Å². The quantitative estimate of drug-likeness (QED) is 0.107. The summed E-state index contributed by atoms with van der Waals surface area (Å²) in [5.74, 6) is -0.134. The minimum Gasteiger partial charge on any atom is -0.493 e. The number of azo groups is 1. The number of nitrogens with zero attached hydrogens (tertiary/aromatic N) is 3. The molecule has 4 N–H and O–H groups in total. The van der Waals surface area contributed by atoms with Crippen LogP contribution in [-0.4, -0.2) is 50.2 Å². The Hall–Kier alpha value is -4.43. The number of aromatic hydroxyl groups is 1. The molecular weight excluding hydrogens is 815 g/mol. The van der Waals surface area contributed by atoms with Gasteiger partial charge in [-0.1, -0.05) is 12.6 Å². The van der Waals surface area contributed by atoms with Gasteiger partial charge in [0.1, 0.15) is 5.75 Å². The molecular formula is C26H31F3LrN4O6S-2. The average Bonchev–Trinajstić information content (AvgIpc) is 2.92. The van der Waals surface area contributed by atoms with Crippen LogP contribution in [-0.2, 0) is 9.47 Å². The summed E-state index contributed by atoms with van der Waals surface area (Å²) in [5.41, 5.74) is 0.597. The molecule has 1 aliphatic rings. The smallest absolute Gasteiger partial charge is 0.493 e. The number of aromatic nitrogens is 1. The van der Waals surface area contributed by atoms with E-state index >= 15 is 0 Å². The van der Waals surface area contributed by atoms with Crippen molar-refractivity contribution >= 4 is 33.9 Å². The van der Waals surface area contributed by atoms with Gasteiger partial charge in [0.05, 0.1) is 11.6 Å². The van der Waals surface area contributed by atoms with Gasteiger partial charge in [0, 0.05) is 5.39 Å². The van der Waals surface area contributed by atoms with E-state index in [1.165, 1.54) is 31.4 Å². The maximum absolute atomic E-state index is 12.9. The molecule has 0 fully saturated rings. The van der Waals surface area contributed by atoms with E-state index in [1.807, 2.05) is 25.2 Å². The molecule has 4 unspecified atom stereocenters. The second kappa shape index (κ2) is 14.3. The van der Waals surface area contributed by atoms with Crippen LogP contribution in [0.2, 0.25) is 0 Å². The van der Waals surface area contributed by atoms with Crippen LogP contribution in [0, 0.1) is 13.3 Å². The van der Waals surface area contributed by atoms with Crippen LogP contribution in [0.3, 0.4) is 0 Å². The minimum atomic E-state index is -4.95. The van der Waals surface area contributed by atoms with Gasteiger partial charge < -0.3 is 46.8 Å². The minimum absolute atomic E-state index is 0. The Morgan fingerprint density at radius 3 is 2.46 bits per heavy atom. The fourth-order valence-electron chi connectivity index (χ4n) is 3.75. The van der Waals surface area contributed by atoms with Gasteiger partial charge in [-0.15, -0.1) is 41.6 Å². The van der Waals surface area contributed by atoms with Gasteiger partial charge in [0.15, 0.2) is 24.6 Å². The molecule has 3 rings (SSSR count). The Bertz CT molecular complexity index is 1310. The third kappa shape index (κ3) is 9.32. The van der Waals surface area contributed by atoms with Gasteiger partial charge in [-0.25, -0.2) is 0 Å². The Morgan fingerprint density at radius 2 is 1.83 bits per heavy atom. The van der Waals surface area contributed by atoms with E-state index in [1.54, 1.807) is 12.2 Å². The van der Waals surface area contributed by atoms with Crippen LogP contribution in [0.15, 0.2) is 64.5 Å². The van der Waals surface area contributed by atoms with Crippen molar-refractivity contribution in [2.75, 3.05) is 0 Å². The van der Waals surface area contributed by atoms with E-state index in [9.17, 15) is 28.5 Å². The monoisotopic (exact) mass is 846 g/mol. The number of aliphatic hydroxyl groups excluding tert-OH is 2. The summed E-state index contributed by atoms with van der Waals surface area (Å²) in [6.45, 7) is 6.18. The molecule has 0 saturated heterocycles. The number of thiocarbonyl (C=S) groups is 1. The Morgan fingerprint density at radius 1 is 1.15 bits per heavy atom. The first kappa shape index (κ1) is 34.6. The number of nitrogens with one attached hydrogen (secondary N) is 1. The Labute approximate surface area is 235 Å². The molecule has 0 aliphatic heterocycles. The molecule has 2 aromatic rings. The van der Waals surface area contributed by atoms with Crippen LogP contribution in [0.4, 0.5) is 18.9 Å². The summed E-state index contributed by atoms with van der Waals surface area (Å²) < 4.78 is 54.2. The zero-order valence-electron chi connectivity index (χ0n) is 22.6. The Kier molecular flexibility index (Phi) is 12.0. The summed E-state index contributed by atoms with van der Waals surface area (Å²) in [4.78, 5) is 0. The number of allylic oxidation sites excluding steroid dienone is 5. The molecule has 0 spiro atoms. The molecule has 235 valence electrons. The summed E-state index contributed by atoms with van der Waals surface area (Å²) >= 11 is 5.23. The van der Waals surface area contributed by atoms with E-state index in [4.69, 9.17) is 21.7 Å². The first-order valence-corrected chi connectivity index (χ1v) is 12.1. The van der Waals surface area contributed by atoms with Gasteiger partial charge in [0.25, 0.3) is 0 Å². The van der Waals surface area contributed by atoms with Gasteiger partial charge in [-0.05, 0) is 51.2 Å². The van der Waals surface area contributed by atoms with E-state index in [0.29, 0.717) is 5.70 Å². The zero-order chi connectivity index (χ0) is 28.9. The number of halogens is 3. The number of ether oxygens (including phenoxy) is 3. The van der Waals surface area contributed by atoms with Crippen LogP contribution in [0.5, 0.6) is 11.6 Å². The first-order chi connectivity index (χ1) is 18.2. The molecule has 4 atom stereocenters. The molecule has 15 heteroatoms. The second-order valence-electron chi connectivity index (χ2n) is 8.53. The average molecular weight is 847 g/mol. The molecule has 41 heavy (non-hydrogen) atoms. The van der Waals surface area contributed by atoms with E-state index in [2.05, 4.69) is 20.3 Å². The second-order valence-corrected chi connectivity index (χ2v) is 8.92. The molecule has 10 nitrogen and oxygen atoms in total. The van der Waals surface area contributed by atoms with Gasteiger partial charge in [0.2, 0.25) is 11.0 Å². The van der Waals surface area contributed by atoms with Crippen molar-refractivity contribution in [2.24, 2.45) is 10.2 Å². The van der Waals surface area contributed by atoms with Crippen molar-refractivity contribution in [3.05, 3.63) is 67.6 Å². The maximum atomic E-state index is 12.9. The summed E-state index contributed by atoms with van der Waals surface area (Å²) in [6.07, 6.45) is 0.384. The standard InChI is InChI=1S/C25H28F3N4O6S.CH3.Lr/c1-13-7-5-6-8-17(11-13)29-24(39)31-30-21-19-12-18(38-25(26,27)28)9-10-20(19)32(22(21)34)14(2)23(35)37-16(4)36-15(3)33;;/h5-12,14-16,23,33-35H,1-4H3,(H,29,39);1H3;/q2*-1;. The Balaban J connectivity index is 0.00000420. The number of fused-ring (bicyclic) bond motifs is 1. The summed E-state index contributed by atoms with van der Waals surface area (Å²) in [5, 5.41) is 41.8. The molecule has 1 heterocycles. The molecule has 0 amide bonds. The van der Waals surface area contributed by atoms with Crippen molar-refractivity contribution in [3.63, 3.8) is 0 Å². The van der Waals surface area contributed by atoms with E-state index in [0.717, 1.165) is 18.1 Å². The first-order valence-electron chi connectivity index (χ1n) is 11.7. The summed E-state index contributed by atoms with van der Waals surface area (Å²) in [6, 6.07) is 2.35. The van der Waals surface area contributed by atoms with Crippen LogP contribution < -0.4 is 10.1 Å². The van der Waals surface area contributed by atoms with E-state index < -0.39 is 42.9 Å². The SMILES string of the molecule is C[C-]1C=CC=CC(NC(=S)N=Nc2c(O)n(C(C)C(O)OC(C)OC(C)O)c3ccc(OC(F)(F)F)cc23)=C1.[CH3-].[Lr]. The molecule has 1 radical (unpaired) electrons. The van der Waals surface area contributed by atoms with Gasteiger partial charge in [-0.3, -0.25) is 0 Å². The van der Waals surface area contributed by atoms with Crippen molar-refractivity contribution in [2.45, 2.75) is 59.0 Å². The third-order valence-corrected chi connectivity index (χ3v) is 5.50. The molecule has 0 saturated carbocycles. The predicted molar refractivity (Wildman–Crippen MR) is 146 cm³/mol. The largest absolute Gasteiger partial charge is 0.573 e. The number of aliphatic hydroxyl groups is 2. The summed E-state index contributed by atoms with van der Waals surface area (Å²) in [7, 11) is 0. The maximum Gasteiger partial charge on any atom is 0.573 e.